The summed E-state index contributed by atoms with van der Waals surface area (Å²) >= 11 is 0. The molecule has 0 aliphatic rings. The topological polar surface area (TPSA) is 45.9 Å². The van der Waals surface area contributed by atoms with Crippen molar-refractivity contribution in [2.45, 2.75) is 6.92 Å². The van der Waals surface area contributed by atoms with Crippen LogP contribution in [0.5, 0.6) is 5.75 Å². The number of aromatic nitrogens is 1. The molecule has 3 nitrogen and oxygen atoms in total. The molecule has 0 saturated heterocycles. The average molecular weight is 198 g/mol. The molecule has 1 aromatic carbocycles. The smallest absolute Gasteiger partial charge is 0.174 e. The summed E-state index contributed by atoms with van der Waals surface area (Å²) in [7, 11) is 0. The fourth-order valence-electron chi connectivity index (χ4n) is 1.51. The minimum Gasteiger partial charge on any atom is -0.476 e. The van der Waals surface area contributed by atoms with Gasteiger partial charge in [0.2, 0.25) is 0 Å². The number of nitriles is 1. The van der Waals surface area contributed by atoms with Gasteiger partial charge in [-0.2, -0.15) is 5.26 Å². The lowest BCUT2D eigenvalue weighted by molar-refractivity contribution is 0.372. The van der Waals surface area contributed by atoms with Crippen molar-refractivity contribution in [1.82, 2.24) is 4.98 Å². The Balaban J connectivity index is 2.57. The van der Waals surface area contributed by atoms with Crippen LogP contribution in [0.3, 0.4) is 0 Å². The quantitative estimate of drug-likeness (QED) is 0.744. The van der Waals surface area contributed by atoms with E-state index in [0.29, 0.717) is 5.75 Å². The van der Waals surface area contributed by atoms with Gasteiger partial charge in [-0.05, 0) is 24.6 Å². The van der Waals surface area contributed by atoms with Gasteiger partial charge in [-0.1, -0.05) is 12.1 Å². The van der Waals surface area contributed by atoms with E-state index >= 15 is 0 Å². The molecule has 1 heterocycles. The largest absolute Gasteiger partial charge is 0.476 e. The molecule has 74 valence electrons. The van der Waals surface area contributed by atoms with Crippen molar-refractivity contribution in [3.8, 4) is 11.8 Å². The Morgan fingerprint density at radius 3 is 3.07 bits per heavy atom. The molecule has 0 aliphatic carbocycles. The zero-order chi connectivity index (χ0) is 10.7. The van der Waals surface area contributed by atoms with Crippen molar-refractivity contribution in [2.24, 2.45) is 0 Å². The van der Waals surface area contributed by atoms with Gasteiger partial charge in [0.05, 0.1) is 0 Å². The molecule has 0 amide bonds. The molecule has 0 unspecified atom stereocenters. The predicted octanol–water partition coefficient (Wildman–Crippen LogP) is 2.45. The predicted molar refractivity (Wildman–Crippen MR) is 57.6 cm³/mol. The summed E-state index contributed by atoms with van der Waals surface area (Å²) in [5.74, 6) is 0.665. The summed E-state index contributed by atoms with van der Waals surface area (Å²) in [6, 6.07) is 9.63. The van der Waals surface area contributed by atoms with Gasteiger partial charge >= 0.3 is 0 Å². The third kappa shape index (κ3) is 1.75. The molecule has 0 fully saturated rings. The molecule has 1 aromatic heterocycles. The van der Waals surface area contributed by atoms with Crippen molar-refractivity contribution in [3.63, 3.8) is 0 Å². The zero-order valence-corrected chi connectivity index (χ0v) is 8.40. The number of ether oxygens (including phenoxy) is 1. The van der Waals surface area contributed by atoms with E-state index < -0.39 is 0 Å². The lowest BCUT2D eigenvalue weighted by atomic mass is 10.1. The van der Waals surface area contributed by atoms with Crippen molar-refractivity contribution < 1.29 is 4.74 Å². The maximum atomic E-state index is 8.46. The van der Waals surface area contributed by atoms with E-state index in [1.54, 1.807) is 6.20 Å². The van der Waals surface area contributed by atoms with E-state index in [9.17, 15) is 0 Å². The monoisotopic (exact) mass is 198 g/mol. The Morgan fingerprint density at radius 2 is 2.27 bits per heavy atom. The third-order valence-electron chi connectivity index (χ3n) is 2.24. The van der Waals surface area contributed by atoms with Gasteiger partial charge in [0.15, 0.2) is 6.61 Å². The Bertz CT molecular complexity index is 529. The molecule has 2 rings (SSSR count). The van der Waals surface area contributed by atoms with E-state index in [4.69, 9.17) is 10.00 Å². The van der Waals surface area contributed by atoms with Gasteiger partial charge in [0.1, 0.15) is 17.3 Å². The number of pyridine rings is 1. The fourth-order valence-corrected chi connectivity index (χ4v) is 1.51. The highest BCUT2D eigenvalue weighted by Gasteiger charge is 2.04. The molecule has 0 aliphatic heterocycles. The molecule has 2 aromatic rings. The van der Waals surface area contributed by atoms with Crippen molar-refractivity contribution >= 4 is 10.9 Å². The minimum absolute atomic E-state index is 0.0503. The second kappa shape index (κ2) is 3.97. The lowest BCUT2D eigenvalue weighted by Gasteiger charge is -2.06. The van der Waals surface area contributed by atoms with Crippen LogP contribution in [0.1, 0.15) is 5.56 Å². The summed E-state index contributed by atoms with van der Waals surface area (Å²) in [5.41, 5.74) is 1.97. The Kier molecular flexibility index (Phi) is 2.51. The molecule has 0 N–H and O–H groups in total. The first-order valence-corrected chi connectivity index (χ1v) is 4.67. The van der Waals surface area contributed by atoms with Crippen LogP contribution >= 0.6 is 0 Å². The van der Waals surface area contributed by atoms with Crippen molar-refractivity contribution in [1.29, 1.82) is 5.26 Å². The maximum Gasteiger partial charge on any atom is 0.174 e. The van der Waals surface area contributed by atoms with Gasteiger partial charge in [-0.25, -0.2) is 0 Å². The second-order valence-electron chi connectivity index (χ2n) is 3.23. The molecule has 15 heavy (non-hydrogen) atoms. The first kappa shape index (κ1) is 9.47. The minimum atomic E-state index is 0.0503. The number of benzene rings is 1. The summed E-state index contributed by atoms with van der Waals surface area (Å²) in [4.78, 5) is 4.26. The maximum absolute atomic E-state index is 8.46. The molecule has 0 saturated carbocycles. The molecular weight excluding hydrogens is 188 g/mol. The van der Waals surface area contributed by atoms with Crippen LogP contribution in [0, 0.1) is 18.3 Å². The van der Waals surface area contributed by atoms with E-state index in [1.165, 1.54) is 0 Å². The van der Waals surface area contributed by atoms with Gasteiger partial charge < -0.3 is 4.74 Å². The van der Waals surface area contributed by atoms with Crippen LogP contribution in [0.25, 0.3) is 10.9 Å². The Hall–Kier alpha value is -2.08. The highest BCUT2D eigenvalue weighted by molar-refractivity contribution is 5.86. The fraction of sp³-hybridized carbons (Fsp3) is 0.167. The van der Waals surface area contributed by atoms with Crippen LogP contribution < -0.4 is 4.74 Å². The summed E-state index contributed by atoms with van der Waals surface area (Å²) in [5, 5.41) is 9.52. The first-order chi connectivity index (χ1) is 7.33. The molecule has 0 bridgehead atoms. The summed E-state index contributed by atoms with van der Waals surface area (Å²) < 4.78 is 5.30. The highest BCUT2D eigenvalue weighted by Crippen LogP contribution is 2.25. The molecule has 0 spiro atoms. The van der Waals surface area contributed by atoms with Gasteiger partial charge in [-0.15, -0.1) is 0 Å². The molecule has 0 atom stereocenters. The normalized spacial score (nSPS) is 9.87. The number of hydrogen-bond donors (Lipinski definition) is 0. The molecule has 0 radical (unpaired) electrons. The third-order valence-corrected chi connectivity index (χ3v) is 2.24. The summed E-state index contributed by atoms with van der Waals surface area (Å²) in [6.45, 7) is 2.08. The van der Waals surface area contributed by atoms with Crippen LogP contribution in [0.15, 0.2) is 30.5 Å². The lowest BCUT2D eigenvalue weighted by Crippen LogP contribution is -1.95. The second-order valence-corrected chi connectivity index (χ2v) is 3.23. The average Bonchev–Trinajstić information content (AvgIpc) is 2.27. The van der Waals surface area contributed by atoms with Crippen molar-refractivity contribution in [3.05, 3.63) is 36.0 Å². The van der Waals surface area contributed by atoms with Crippen molar-refractivity contribution in [2.75, 3.05) is 6.61 Å². The van der Waals surface area contributed by atoms with Gasteiger partial charge in [0.25, 0.3) is 0 Å². The van der Waals surface area contributed by atoms with Crippen LogP contribution in [-0.4, -0.2) is 11.6 Å². The number of hydrogen-bond acceptors (Lipinski definition) is 3. The van der Waals surface area contributed by atoms with E-state index in [0.717, 1.165) is 16.5 Å². The number of para-hydroxylation sites is 1. The number of aryl methyl sites for hydroxylation is 1. The Labute approximate surface area is 87.9 Å². The number of nitrogens with zero attached hydrogens (tertiary/aromatic N) is 2. The van der Waals surface area contributed by atoms with E-state index in [1.807, 2.05) is 37.3 Å². The SMILES string of the molecule is Cc1ccnc2c(OCC#N)cccc12. The number of rotatable bonds is 2. The standard InChI is InChI=1S/C12H10N2O/c1-9-5-7-14-12-10(9)3-2-4-11(12)15-8-6-13/h2-5,7H,8H2,1H3. The Morgan fingerprint density at radius 1 is 1.40 bits per heavy atom. The van der Waals surface area contributed by atoms with Gasteiger partial charge in [0, 0.05) is 11.6 Å². The van der Waals surface area contributed by atoms with E-state index in [2.05, 4.69) is 4.98 Å². The molecular formula is C12H10N2O. The van der Waals surface area contributed by atoms with E-state index in [-0.39, 0.29) is 6.61 Å². The molecule has 3 heteroatoms. The first-order valence-electron chi connectivity index (χ1n) is 4.67. The zero-order valence-electron chi connectivity index (χ0n) is 8.40. The van der Waals surface area contributed by atoms with Crippen LogP contribution in [0.4, 0.5) is 0 Å². The number of fused-ring (bicyclic) bond motifs is 1. The van der Waals surface area contributed by atoms with Crippen LogP contribution in [0.2, 0.25) is 0 Å². The van der Waals surface area contributed by atoms with Gasteiger partial charge in [-0.3, -0.25) is 4.98 Å². The summed E-state index contributed by atoms with van der Waals surface area (Å²) in [6.07, 6.45) is 1.75. The highest BCUT2D eigenvalue weighted by atomic mass is 16.5. The van der Waals surface area contributed by atoms with Crippen LogP contribution in [-0.2, 0) is 0 Å².